The van der Waals surface area contributed by atoms with Crippen molar-refractivity contribution in [2.24, 2.45) is 0 Å². The van der Waals surface area contributed by atoms with E-state index >= 15 is 0 Å². The van der Waals surface area contributed by atoms with Crippen molar-refractivity contribution >= 4 is 5.97 Å². The van der Waals surface area contributed by atoms with Crippen LogP contribution in [0.4, 0.5) is 0 Å². The van der Waals surface area contributed by atoms with Crippen LogP contribution in [-0.4, -0.2) is 49.8 Å². The number of carbonyl (C=O) groups excluding carboxylic acids is 1. The lowest BCUT2D eigenvalue weighted by Crippen LogP contribution is -2.21. The van der Waals surface area contributed by atoms with Crippen molar-refractivity contribution in [3.05, 3.63) is 35.9 Å². The molecule has 1 aromatic carbocycles. The molecule has 0 aliphatic rings. The number of nitrogens with zero attached hydrogens (tertiary/aromatic N) is 1. The maximum Gasteiger partial charge on any atom is 0.315 e. The van der Waals surface area contributed by atoms with E-state index in [0.717, 1.165) is 18.5 Å². The third kappa shape index (κ3) is 4.85. The Morgan fingerprint density at radius 1 is 1.33 bits per heavy atom. The molecule has 18 heavy (non-hydrogen) atoms. The zero-order valence-electron chi connectivity index (χ0n) is 11.0. The summed E-state index contributed by atoms with van der Waals surface area (Å²) in [6, 6.07) is 9.21. The second-order valence-corrected chi connectivity index (χ2v) is 4.47. The smallest absolute Gasteiger partial charge is 0.315 e. The zero-order chi connectivity index (χ0) is 13.4. The molecule has 0 spiro atoms. The van der Waals surface area contributed by atoms with Crippen molar-refractivity contribution in [3.63, 3.8) is 0 Å². The molecular weight excluding hydrogens is 230 g/mol. The van der Waals surface area contributed by atoms with E-state index in [-0.39, 0.29) is 12.6 Å². The molecule has 4 nitrogen and oxygen atoms in total. The highest BCUT2D eigenvalue weighted by Crippen LogP contribution is 2.16. The van der Waals surface area contributed by atoms with Crippen molar-refractivity contribution in [2.75, 3.05) is 33.9 Å². The lowest BCUT2D eigenvalue weighted by Gasteiger charge is -2.14. The van der Waals surface area contributed by atoms with Gasteiger partial charge in [-0.3, -0.25) is 4.79 Å². The second kappa shape index (κ2) is 7.84. The van der Waals surface area contributed by atoms with Crippen LogP contribution in [0, 0.1) is 0 Å². The molecule has 0 fully saturated rings. The number of carbonyl (C=O) groups is 1. The molecule has 0 saturated heterocycles. The monoisotopic (exact) mass is 251 g/mol. The van der Waals surface area contributed by atoms with E-state index in [9.17, 15) is 9.90 Å². The first-order chi connectivity index (χ1) is 8.65. The van der Waals surface area contributed by atoms with E-state index < -0.39 is 5.92 Å². The van der Waals surface area contributed by atoms with E-state index in [0.29, 0.717) is 6.61 Å². The third-order valence-electron chi connectivity index (χ3n) is 2.66. The molecule has 0 amide bonds. The Bertz CT molecular complexity index is 351. The van der Waals surface area contributed by atoms with E-state index in [1.807, 2.05) is 49.3 Å². The van der Waals surface area contributed by atoms with Crippen LogP contribution in [0.15, 0.2) is 30.3 Å². The molecule has 0 radical (unpaired) electrons. The van der Waals surface area contributed by atoms with E-state index in [1.54, 1.807) is 0 Å². The van der Waals surface area contributed by atoms with Crippen LogP contribution in [0.5, 0.6) is 0 Å². The quantitative estimate of drug-likeness (QED) is 0.585. The molecule has 0 bridgehead atoms. The van der Waals surface area contributed by atoms with Crippen LogP contribution < -0.4 is 0 Å². The summed E-state index contributed by atoms with van der Waals surface area (Å²) in [5, 5.41) is 9.29. The summed E-state index contributed by atoms with van der Waals surface area (Å²) in [5.74, 6) is -0.937. The highest BCUT2D eigenvalue weighted by Gasteiger charge is 2.20. The number of benzene rings is 1. The number of aliphatic hydroxyl groups is 1. The second-order valence-electron chi connectivity index (χ2n) is 4.47. The van der Waals surface area contributed by atoms with Gasteiger partial charge in [0.05, 0.1) is 13.2 Å². The number of hydrogen-bond acceptors (Lipinski definition) is 4. The molecule has 1 N–H and O–H groups in total. The fraction of sp³-hybridized carbons (Fsp3) is 0.500. The molecule has 100 valence electrons. The van der Waals surface area contributed by atoms with Gasteiger partial charge in [0.25, 0.3) is 0 Å². The summed E-state index contributed by atoms with van der Waals surface area (Å²) in [6.45, 7) is 1.04. The summed E-state index contributed by atoms with van der Waals surface area (Å²) in [7, 11) is 3.95. The van der Waals surface area contributed by atoms with Crippen molar-refractivity contribution in [1.82, 2.24) is 4.90 Å². The summed E-state index contributed by atoms with van der Waals surface area (Å²) < 4.78 is 5.17. The van der Waals surface area contributed by atoms with Crippen molar-refractivity contribution in [1.29, 1.82) is 0 Å². The van der Waals surface area contributed by atoms with Gasteiger partial charge in [-0.1, -0.05) is 30.3 Å². The number of aliphatic hydroxyl groups excluding tert-OH is 1. The first-order valence-electron chi connectivity index (χ1n) is 6.12. The first-order valence-corrected chi connectivity index (χ1v) is 6.12. The lowest BCUT2D eigenvalue weighted by molar-refractivity contribution is -0.146. The van der Waals surface area contributed by atoms with Crippen LogP contribution in [0.3, 0.4) is 0 Å². The topological polar surface area (TPSA) is 49.8 Å². The van der Waals surface area contributed by atoms with Gasteiger partial charge < -0.3 is 14.7 Å². The lowest BCUT2D eigenvalue weighted by atomic mass is 10.0. The van der Waals surface area contributed by atoms with Gasteiger partial charge in [-0.25, -0.2) is 0 Å². The number of rotatable bonds is 7. The maximum atomic E-state index is 11.8. The van der Waals surface area contributed by atoms with Crippen LogP contribution in [0.25, 0.3) is 0 Å². The minimum atomic E-state index is -0.578. The Morgan fingerprint density at radius 2 is 2.00 bits per heavy atom. The first kappa shape index (κ1) is 14.7. The molecule has 0 unspecified atom stereocenters. The van der Waals surface area contributed by atoms with Crippen molar-refractivity contribution in [2.45, 2.75) is 12.3 Å². The summed E-state index contributed by atoms with van der Waals surface area (Å²) in [5.41, 5.74) is 0.789. The van der Waals surface area contributed by atoms with Crippen LogP contribution >= 0.6 is 0 Å². The molecule has 0 heterocycles. The van der Waals surface area contributed by atoms with Gasteiger partial charge in [-0.05, 0) is 26.1 Å². The predicted octanol–water partition coefficient (Wildman–Crippen LogP) is 1.26. The average molecular weight is 251 g/mol. The third-order valence-corrected chi connectivity index (χ3v) is 2.66. The summed E-state index contributed by atoms with van der Waals surface area (Å²) in [6.07, 6.45) is 0.797. The summed E-state index contributed by atoms with van der Waals surface area (Å²) >= 11 is 0. The molecule has 1 rings (SSSR count). The Balaban J connectivity index is 2.43. The molecule has 0 aliphatic heterocycles. The Kier molecular flexibility index (Phi) is 6.39. The standard InChI is InChI=1S/C14H21NO3/c1-15(2)9-6-10-18-14(17)13(11-16)12-7-4-3-5-8-12/h3-5,7-8,13,16H,6,9-11H2,1-2H3/t13-/m0/s1. The van der Waals surface area contributed by atoms with E-state index in [1.165, 1.54) is 0 Å². The SMILES string of the molecule is CN(C)CCCOC(=O)[C@@H](CO)c1ccccc1. The van der Waals surface area contributed by atoms with E-state index in [4.69, 9.17) is 4.74 Å². The van der Waals surface area contributed by atoms with Crippen LogP contribution in [0.2, 0.25) is 0 Å². The molecule has 4 heteroatoms. The van der Waals surface area contributed by atoms with Crippen LogP contribution in [-0.2, 0) is 9.53 Å². The number of hydrogen-bond donors (Lipinski definition) is 1. The highest BCUT2D eigenvalue weighted by molar-refractivity contribution is 5.78. The fourth-order valence-corrected chi connectivity index (χ4v) is 1.66. The predicted molar refractivity (Wildman–Crippen MR) is 70.4 cm³/mol. The molecule has 0 aliphatic carbocycles. The highest BCUT2D eigenvalue weighted by atomic mass is 16.5. The van der Waals surface area contributed by atoms with Gasteiger partial charge in [-0.15, -0.1) is 0 Å². The van der Waals surface area contributed by atoms with Gasteiger partial charge in [0.15, 0.2) is 0 Å². The zero-order valence-corrected chi connectivity index (χ0v) is 11.0. The fourth-order valence-electron chi connectivity index (χ4n) is 1.66. The van der Waals surface area contributed by atoms with Gasteiger partial charge in [0.1, 0.15) is 5.92 Å². The largest absolute Gasteiger partial charge is 0.465 e. The van der Waals surface area contributed by atoms with Gasteiger partial charge in [0, 0.05) is 6.54 Å². The van der Waals surface area contributed by atoms with E-state index in [2.05, 4.69) is 0 Å². The average Bonchev–Trinajstić information content (AvgIpc) is 2.36. The Hall–Kier alpha value is -1.39. The molecular formula is C14H21NO3. The number of esters is 1. The van der Waals surface area contributed by atoms with Crippen molar-refractivity contribution < 1.29 is 14.6 Å². The summed E-state index contributed by atoms with van der Waals surface area (Å²) in [4.78, 5) is 13.9. The van der Waals surface area contributed by atoms with Gasteiger partial charge in [0.2, 0.25) is 0 Å². The Morgan fingerprint density at radius 3 is 2.56 bits per heavy atom. The Labute approximate surface area is 108 Å². The maximum absolute atomic E-state index is 11.8. The van der Waals surface area contributed by atoms with Gasteiger partial charge >= 0.3 is 5.97 Å². The van der Waals surface area contributed by atoms with Crippen molar-refractivity contribution in [3.8, 4) is 0 Å². The molecule has 1 aromatic rings. The number of ether oxygens (including phenoxy) is 1. The molecule has 0 aromatic heterocycles. The normalized spacial score (nSPS) is 12.4. The minimum Gasteiger partial charge on any atom is -0.465 e. The van der Waals surface area contributed by atoms with Gasteiger partial charge in [-0.2, -0.15) is 0 Å². The molecule has 0 saturated carbocycles. The minimum absolute atomic E-state index is 0.226. The van der Waals surface area contributed by atoms with Crippen LogP contribution in [0.1, 0.15) is 17.9 Å². The molecule has 1 atom stereocenters.